The van der Waals surface area contributed by atoms with Crippen LogP contribution in [0.3, 0.4) is 0 Å². The molecule has 1 heterocycles. The highest BCUT2D eigenvalue weighted by Crippen LogP contribution is 2.43. The van der Waals surface area contributed by atoms with Crippen LogP contribution in [-0.4, -0.2) is 25.0 Å². The maximum Gasteiger partial charge on any atom is 0.244 e. The van der Waals surface area contributed by atoms with Crippen LogP contribution >= 0.6 is 46.0 Å². The molecule has 0 saturated carbocycles. The quantitative estimate of drug-likeness (QED) is 0.631. The molecule has 1 saturated heterocycles. The van der Waals surface area contributed by atoms with Gasteiger partial charge in [-0.1, -0.05) is 29.8 Å². The summed E-state index contributed by atoms with van der Waals surface area (Å²) in [6, 6.07) is 14.3. The largest absolute Gasteiger partial charge is 0.244 e. The van der Waals surface area contributed by atoms with Crippen LogP contribution in [0.2, 0.25) is 5.02 Å². The molecule has 0 aromatic heterocycles. The fraction of sp³-hybridized carbons (Fsp3) is 0.200. The zero-order chi connectivity index (χ0) is 15.7. The monoisotopic (exact) mass is 465 g/mol. The molecule has 7 heteroatoms. The first kappa shape index (κ1) is 16.6. The van der Waals surface area contributed by atoms with Crippen molar-refractivity contribution in [2.45, 2.75) is 10.3 Å². The molecule has 0 amide bonds. The summed E-state index contributed by atoms with van der Waals surface area (Å²) in [7, 11) is -3.52. The topological polar surface area (TPSA) is 37.4 Å². The van der Waals surface area contributed by atoms with Crippen LogP contribution in [0.15, 0.2) is 53.4 Å². The summed E-state index contributed by atoms with van der Waals surface area (Å²) in [6.07, 6.45) is 0. The number of sulfonamides is 1. The number of halogens is 2. The number of hydrogen-bond donors (Lipinski definition) is 0. The number of nitrogens with zero attached hydrogens (tertiary/aromatic N) is 1. The number of hydrogen-bond acceptors (Lipinski definition) is 3. The summed E-state index contributed by atoms with van der Waals surface area (Å²) in [4.78, 5) is 0.326. The van der Waals surface area contributed by atoms with Crippen molar-refractivity contribution in [3.05, 3.63) is 62.7 Å². The van der Waals surface area contributed by atoms with Crippen molar-refractivity contribution in [3.8, 4) is 0 Å². The first-order valence-electron chi connectivity index (χ1n) is 6.63. The van der Waals surface area contributed by atoms with E-state index in [0.29, 0.717) is 16.5 Å². The molecule has 2 aromatic rings. The highest BCUT2D eigenvalue weighted by atomic mass is 127. The van der Waals surface area contributed by atoms with Crippen LogP contribution in [-0.2, 0) is 10.0 Å². The van der Waals surface area contributed by atoms with Crippen molar-refractivity contribution in [2.24, 2.45) is 0 Å². The second-order valence-corrected chi connectivity index (χ2v) is 9.55. The van der Waals surface area contributed by atoms with E-state index >= 15 is 0 Å². The lowest BCUT2D eigenvalue weighted by molar-refractivity contribution is 0.434. The lowest BCUT2D eigenvalue weighted by atomic mass is 10.2. The Hall–Kier alpha value is -0.280. The van der Waals surface area contributed by atoms with Gasteiger partial charge >= 0.3 is 0 Å². The van der Waals surface area contributed by atoms with E-state index in [-0.39, 0.29) is 5.37 Å². The Morgan fingerprint density at radius 1 is 1.14 bits per heavy atom. The molecule has 116 valence electrons. The average molecular weight is 466 g/mol. The molecule has 1 aliphatic rings. The molecule has 3 nitrogen and oxygen atoms in total. The third-order valence-electron chi connectivity index (χ3n) is 3.44. The van der Waals surface area contributed by atoms with Crippen LogP contribution < -0.4 is 0 Å². The van der Waals surface area contributed by atoms with E-state index in [1.54, 1.807) is 46.4 Å². The van der Waals surface area contributed by atoms with Gasteiger partial charge in [-0.15, -0.1) is 11.8 Å². The number of rotatable bonds is 3. The molecule has 3 rings (SSSR count). The van der Waals surface area contributed by atoms with Gasteiger partial charge in [-0.05, 0) is 58.5 Å². The zero-order valence-electron chi connectivity index (χ0n) is 11.4. The SMILES string of the molecule is O=S(=O)(c1ccc(I)cc1)N1CCS[C@@H]1c1ccccc1Cl. The third-order valence-corrected chi connectivity index (χ3v) is 7.76. The molecular weight excluding hydrogens is 453 g/mol. The van der Waals surface area contributed by atoms with Gasteiger partial charge in [-0.25, -0.2) is 8.42 Å². The molecular formula is C15H13ClINO2S2. The van der Waals surface area contributed by atoms with Gasteiger partial charge in [0.2, 0.25) is 10.0 Å². The average Bonchev–Trinajstić information content (AvgIpc) is 2.98. The molecule has 2 aromatic carbocycles. The third kappa shape index (κ3) is 3.17. The maximum absolute atomic E-state index is 12.9. The highest BCUT2D eigenvalue weighted by Gasteiger charge is 2.37. The van der Waals surface area contributed by atoms with Gasteiger partial charge in [0.25, 0.3) is 0 Å². The molecule has 22 heavy (non-hydrogen) atoms. The molecule has 0 spiro atoms. The Labute approximate surface area is 153 Å². The Bertz CT molecular complexity index is 780. The van der Waals surface area contributed by atoms with E-state index in [2.05, 4.69) is 22.6 Å². The standard InChI is InChI=1S/C15H13ClINO2S2/c16-14-4-2-1-3-13(14)15-18(9-10-21-15)22(19,20)12-7-5-11(17)6-8-12/h1-8,15H,9-10H2/t15-/m1/s1. The van der Waals surface area contributed by atoms with Gasteiger partial charge in [-0.3, -0.25) is 0 Å². The van der Waals surface area contributed by atoms with Crippen molar-refractivity contribution in [1.29, 1.82) is 0 Å². The lowest BCUT2D eigenvalue weighted by Gasteiger charge is -2.24. The van der Waals surface area contributed by atoms with Gasteiger partial charge in [0.05, 0.1) is 10.3 Å². The fourth-order valence-electron chi connectivity index (χ4n) is 2.36. The van der Waals surface area contributed by atoms with Crippen LogP contribution in [0.4, 0.5) is 0 Å². The van der Waals surface area contributed by atoms with Gasteiger partial charge in [0, 0.05) is 20.9 Å². The van der Waals surface area contributed by atoms with E-state index < -0.39 is 10.0 Å². The van der Waals surface area contributed by atoms with Crippen molar-refractivity contribution >= 4 is 56.0 Å². The zero-order valence-corrected chi connectivity index (χ0v) is 16.0. The molecule has 0 aliphatic carbocycles. The van der Waals surface area contributed by atoms with E-state index in [1.165, 1.54) is 0 Å². The first-order valence-corrected chi connectivity index (χ1v) is 10.6. The Kier molecular flexibility index (Phi) is 5.04. The van der Waals surface area contributed by atoms with Crippen molar-refractivity contribution in [2.75, 3.05) is 12.3 Å². The molecule has 1 atom stereocenters. The minimum atomic E-state index is -3.52. The predicted octanol–water partition coefficient (Wildman–Crippen LogP) is 4.38. The molecule has 0 radical (unpaired) electrons. The smallest absolute Gasteiger partial charge is 0.207 e. The van der Waals surface area contributed by atoms with Gasteiger partial charge in [0.1, 0.15) is 0 Å². The summed E-state index contributed by atoms with van der Waals surface area (Å²) in [5, 5.41) is 0.336. The minimum Gasteiger partial charge on any atom is -0.207 e. The van der Waals surface area contributed by atoms with Crippen LogP contribution in [0.1, 0.15) is 10.9 Å². The highest BCUT2D eigenvalue weighted by molar-refractivity contribution is 14.1. The Morgan fingerprint density at radius 3 is 2.50 bits per heavy atom. The van der Waals surface area contributed by atoms with Crippen LogP contribution in [0.25, 0.3) is 0 Å². The van der Waals surface area contributed by atoms with E-state index in [4.69, 9.17) is 11.6 Å². The summed E-state index contributed by atoms with van der Waals surface area (Å²) in [5.41, 5.74) is 0.848. The Morgan fingerprint density at radius 2 is 1.82 bits per heavy atom. The summed E-state index contributed by atoms with van der Waals surface area (Å²) in [5.74, 6) is 0.763. The van der Waals surface area contributed by atoms with Gasteiger partial charge < -0.3 is 0 Å². The first-order chi connectivity index (χ1) is 10.5. The second kappa shape index (κ2) is 6.68. The fourth-order valence-corrected chi connectivity index (χ4v) is 6.29. The summed E-state index contributed by atoms with van der Waals surface area (Å²) in [6.45, 7) is 0.495. The second-order valence-electron chi connectivity index (χ2n) is 4.81. The normalized spacial score (nSPS) is 19.5. The molecule has 0 bridgehead atoms. The summed E-state index contributed by atoms with van der Waals surface area (Å²) < 4.78 is 28.4. The molecule has 1 fully saturated rings. The van der Waals surface area contributed by atoms with Gasteiger partial charge in [0.15, 0.2) is 0 Å². The van der Waals surface area contributed by atoms with E-state index in [1.807, 2.05) is 18.2 Å². The van der Waals surface area contributed by atoms with Crippen LogP contribution in [0, 0.1) is 3.57 Å². The molecule has 1 aliphatic heterocycles. The van der Waals surface area contributed by atoms with Crippen molar-refractivity contribution in [1.82, 2.24) is 4.31 Å². The summed E-state index contributed by atoms with van der Waals surface area (Å²) >= 11 is 10.0. The van der Waals surface area contributed by atoms with Crippen molar-refractivity contribution in [3.63, 3.8) is 0 Å². The van der Waals surface area contributed by atoms with Gasteiger partial charge in [-0.2, -0.15) is 4.31 Å². The lowest BCUT2D eigenvalue weighted by Crippen LogP contribution is -2.30. The van der Waals surface area contributed by atoms with Crippen molar-refractivity contribution < 1.29 is 8.42 Å². The minimum absolute atomic E-state index is 0.266. The Balaban J connectivity index is 1.99. The predicted molar refractivity (Wildman–Crippen MR) is 99.7 cm³/mol. The number of thioether (sulfide) groups is 1. The molecule has 0 N–H and O–H groups in total. The number of benzene rings is 2. The maximum atomic E-state index is 12.9. The van der Waals surface area contributed by atoms with Crippen LogP contribution in [0.5, 0.6) is 0 Å². The van der Waals surface area contributed by atoms with E-state index in [9.17, 15) is 8.42 Å². The molecule has 0 unspecified atom stereocenters. The van der Waals surface area contributed by atoms with E-state index in [0.717, 1.165) is 14.9 Å².